The molecule has 2 aromatic carbocycles. The molecule has 2 heterocycles. The number of benzene rings is 2. The molecule has 2 N–H and O–H groups in total. The minimum atomic E-state index is -0.375. The minimum absolute atomic E-state index is 0.204. The first-order chi connectivity index (χ1) is 15.5. The molecule has 32 heavy (non-hydrogen) atoms. The van der Waals surface area contributed by atoms with Crippen molar-refractivity contribution >= 4 is 23.2 Å². The standard InChI is InChI=1S/C25H24N4O3/c1-17(2)23-26-11-12-29(23)16-18-6-3-8-20(14-18)27-24(30)19-7-4-9-21(15-19)28-25(31)22-10-5-13-32-22/h3-15,17H,16H2,1-2H3,(H,27,30)(H,28,31). The number of nitrogens with one attached hydrogen (secondary N) is 2. The van der Waals surface area contributed by atoms with E-state index in [-0.39, 0.29) is 17.6 Å². The summed E-state index contributed by atoms with van der Waals surface area (Å²) in [5.41, 5.74) is 2.70. The Hall–Kier alpha value is -4.13. The van der Waals surface area contributed by atoms with Crippen molar-refractivity contribution in [2.75, 3.05) is 10.6 Å². The molecule has 0 saturated heterocycles. The predicted molar refractivity (Wildman–Crippen MR) is 123 cm³/mol. The quantitative estimate of drug-likeness (QED) is 0.426. The second-order valence-corrected chi connectivity index (χ2v) is 7.73. The maximum atomic E-state index is 12.8. The average Bonchev–Trinajstić information content (AvgIpc) is 3.46. The van der Waals surface area contributed by atoms with Crippen molar-refractivity contribution in [1.82, 2.24) is 9.55 Å². The zero-order valence-electron chi connectivity index (χ0n) is 17.9. The van der Waals surface area contributed by atoms with Gasteiger partial charge in [0.2, 0.25) is 0 Å². The normalized spacial score (nSPS) is 10.8. The van der Waals surface area contributed by atoms with Gasteiger partial charge in [-0.2, -0.15) is 0 Å². The van der Waals surface area contributed by atoms with Crippen molar-refractivity contribution in [3.05, 3.63) is 102 Å². The molecule has 2 aromatic heterocycles. The van der Waals surface area contributed by atoms with Crippen LogP contribution in [0.1, 0.15) is 52.1 Å². The van der Waals surface area contributed by atoms with Crippen LogP contribution in [0.4, 0.5) is 11.4 Å². The number of amides is 2. The Morgan fingerprint density at radius 2 is 1.72 bits per heavy atom. The zero-order valence-corrected chi connectivity index (χ0v) is 17.9. The van der Waals surface area contributed by atoms with Crippen LogP contribution in [0.5, 0.6) is 0 Å². The van der Waals surface area contributed by atoms with E-state index in [0.29, 0.717) is 29.4 Å². The molecule has 0 bridgehead atoms. The number of rotatable bonds is 7. The molecule has 0 aliphatic heterocycles. The fourth-order valence-electron chi connectivity index (χ4n) is 3.44. The minimum Gasteiger partial charge on any atom is -0.459 e. The number of anilines is 2. The molecule has 2 amide bonds. The van der Waals surface area contributed by atoms with Gasteiger partial charge in [0.25, 0.3) is 11.8 Å². The third-order valence-corrected chi connectivity index (χ3v) is 4.93. The SMILES string of the molecule is CC(C)c1nccn1Cc1cccc(NC(=O)c2cccc(NC(=O)c3ccco3)c2)c1. The zero-order chi connectivity index (χ0) is 22.5. The van der Waals surface area contributed by atoms with Gasteiger partial charge in [-0.05, 0) is 48.0 Å². The molecular weight excluding hydrogens is 404 g/mol. The van der Waals surface area contributed by atoms with Gasteiger partial charge < -0.3 is 19.6 Å². The summed E-state index contributed by atoms with van der Waals surface area (Å²) in [6, 6.07) is 17.7. The number of hydrogen-bond donors (Lipinski definition) is 2. The summed E-state index contributed by atoms with van der Waals surface area (Å²) in [6.45, 7) is 4.90. The van der Waals surface area contributed by atoms with Crippen LogP contribution in [-0.4, -0.2) is 21.4 Å². The van der Waals surface area contributed by atoms with Gasteiger partial charge in [-0.15, -0.1) is 0 Å². The second-order valence-electron chi connectivity index (χ2n) is 7.73. The Balaban J connectivity index is 1.44. The first-order valence-electron chi connectivity index (χ1n) is 10.4. The molecule has 162 valence electrons. The van der Waals surface area contributed by atoms with E-state index in [4.69, 9.17) is 4.42 Å². The van der Waals surface area contributed by atoms with Gasteiger partial charge in [-0.25, -0.2) is 4.98 Å². The van der Waals surface area contributed by atoms with Crippen LogP contribution in [0.15, 0.2) is 83.7 Å². The van der Waals surface area contributed by atoms with E-state index >= 15 is 0 Å². The Labute approximate surface area is 186 Å². The summed E-state index contributed by atoms with van der Waals surface area (Å²) >= 11 is 0. The number of nitrogens with zero attached hydrogens (tertiary/aromatic N) is 2. The largest absolute Gasteiger partial charge is 0.459 e. The van der Waals surface area contributed by atoms with Gasteiger partial charge in [0.15, 0.2) is 5.76 Å². The highest BCUT2D eigenvalue weighted by Crippen LogP contribution is 2.18. The first kappa shape index (κ1) is 21.1. The number of hydrogen-bond acceptors (Lipinski definition) is 4. The lowest BCUT2D eigenvalue weighted by molar-refractivity contribution is 0.0993. The van der Waals surface area contributed by atoms with Crippen LogP contribution in [0.2, 0.25) is 0 Å². The van der Waals surface area contributed by atoms with Crippen molar-refractivity contribution in [2.45, 2.75) is 26.3 Å². The lowest BCUT2D eigenvalue weighted by Crippen LogP contribution is -2.14. The molecule has 4 aromatic rings. The maximum Gasteiger partial charge on any atom is 0.291 e. The van der Waals surface area contributed by atoms with Gasteiger partial charge in [0.1, 0.15) is 5.82 Å². The van der Waals surface area contributed by atoms with Crippen LogP contribution in [-0.2, 0) is 6.54 Å². The van der Waals surface area contributed by atoms with E-state index in [2.05, 4.69) is 34.0 Å². The lowest BCUT2D eigenvalue weighted by Gasteiger charge is -2.12. The van der Waals surface area contributed by atoms with Crippen molar-refractivity contribution in [2.24, 2.45) is 0 Å². The molecule has 4 rings (SSSR count). The van der Waals surface area contributed by atoms with Crippen molar-refractivity contribution < 1.29 is 14.0 Å². The summed E-state index contributed by atoms with van der Waals surface area (Å²) in [4.78, 5) is 29.4. The van der Waals surface area contributed by atoms with Crippen LogP contribution in [0, 0.1) is 0 Å². The molecule has 0 aliphatic carbocycles. The highest BCUT2D eigenvalue weighted by Gasteiger charge is 2.12. The third-order valence-electron chi connectivity index (χ3n) is 4.93. The number of carbonyl (C=O) groups excluding carboxylic acids is 2. The average molecular weight is 428 g/mol. The van der Waals surface area contributed by atoms with E-state index in [0.717, 1.165) is 11.4 Å². The summed E-state index contributed by atoms with van der Waals surface area (Å²) in [5.74, 6) is 0.916. The van der Waals surface area contributed by atoms with Gasteiger partial charge >= 0.3 is 0 Å². The Kier molecular flexibility index (Phi) is 6.17. The van der Waals surface area contributed by atoms with E-state index < -0.39 is 0 Å². The van der Waals surface area contributed by atoms with Crippen molar-refractivity contribution in [3.8, 4) is 0 Å². The molecule has 0 spiro atoms. The van der Waals surface area contributed by atoms with Gasteiger partial charge in [-0.1, -0.05) is 32.0 Å². The Morgan fingerprint density at radius 1 is 0.969 bits per heavy atom. The van der Waals surface area contributed by atoms with Gasteiger partial charge in [0.05, 0.1) is 6.26 Å². The molecule has 0 radical (unpaired) electrons. The molecule has 0 unspecified atom stereocenters. The second kappa shape index (κ2) is 9.34. The number of furan rings is 1. The lowest BCUT2D eigenvalue weighted by atomic mass is 10.1. The van der Waals surface area contributed by atoms with Crippen LogP contribution in [0.3, 0.4) is 0 Å². The molecule has 7 nitrogen and oxygen atoms in total. The van der Waals surface area contributed by atoms with Crippen molar-refractivity contribution in [3.63, 3.8) is 0 Å². The highest BCUT2D eigenvalue weighted by molar-refractivity contribution is 6.06. The highest BCUT2D eigenvalue weighted by atomic mass is 16.3. The van der Waals surface area contributed by atoms with E-state index in [1.54, 1.807) is 42.6 Å². The molecule has 0 atom stereocenters. The molecule has 0 saturated carbocycles. The van der Waals surface area contributed by atoms with E-state index in [1.807, 2.05) is 30.5 Å². The van der Waals surface area contributed by atoms with Crippen LogP contribution in [0.25, 0.3) is 0 Å². The van der Waals surface area contributed by atoms with Crippen molar-refractivity contribution in [1.29, 1.82) is 0 Å². The van der Waals surface area contributed by atoms with Crippen LogP contribution < -0.4 is 10.6 Å². The Morgan fingerprint density at radius 3 is 2.47 bits per heavy atom. The molecular formula is C25H24N4O3. The van der Waals surface area contributed by atoms with Crippen LogP contribution >= 0.6 is 0 Å². The Bertz CT molecular complexity index is 1230. The molecule has 7 heteroatoms. The topological polar surface area (TPSA) is 89.2 Å². The fraction of sp³-hybridized carbons (Fsp3) is 0.160. The summed E-state index contributed by atoms with van der Waals surface area (Å²) in [6.07, 6.45) is 5.20. The predicted octanol–water partition coefficient (Wildman–Crippen LogP) is 5.15. The summed E-state index contributed by atoms with van der Waals surface area (Å²) in [5, 5.41) is 5.66. The van der Waals surface area contributed by atoms with E-state index in [9.17, 15) is 9.59 Å². The van der Waals surface area contributed by atoms with Gasteiger partial charge in [0, 0.05) is 41.8 Å². The third kappa shape index (κ3) is 4.95. The maximum absolute atomic E-state index is 12.8. The van der Waals surface area contributed by atoms with Gasteiger partial charge in [-0.3, -0.25) is 9.59 Å². The molecule has 0 fully saturated rings. The number of imidazole rings is 1. The number of carbonyl (C=O) groups is 2. The fourth-order valence-corrected chi connectivity index (χ4v) is 3.44. The van der Waals surface area contributed by atoms with E-state index in [1.165, 1.54) is 6.26 Å². The number of aromatic nitrogens is 2. The first-order valence-corrected chi connectivity index (χ1v) is 10.4. The smallest absolute Gasteiger partial charge is 0.291 e. The summed E-state index contributed by atoms with van der Waals surface area (Å²) in [7, 11) is 0. The monoisotopic (exact) mass is 428 g/mol. The molecule has 0 aliphatic rings. The summed E-state index contributed by atoms with van der Waals surface area (Å²) < 4.78 is 7.20.